The molecule has 0 unspecified atom stereocenters. The van der Waals surface area contributed by atoms with Crippen LogP contribution in [0.15, 0.2) is 12.3 Å². The van der Waals surface area contributed by atoms with Gasteiger partial charge in [0.1, 0.15) is 0 Å². The Morgan fingerprint density at radius 2 is 2.18 bits per heavy atom. The average Bonchev–Trinajstić information content (AvgIpc) is 1.78. The van der Waals surface area contributed by atoms with Crippen LogP contribution in [-0.2, 0) is 4.74 Å². The maximum Gasteiger partial charge on any atom is 0.248 e. The van der Waals surface area contributed by atoms with Gasteiger partial charge in [-0.2, -0.15) is 0 Å². The van der Waals surface area contributed by atoms with Gasteiger partial charge < -0.3 is 4.74 Å². The third-order valence-electron chi connectivity index (χ3n) is 1.74. The molecule has 0 N–H and O–H groups in total. The topological polar surface area (TPSA) is 9.23 Å². The molecule has 3 heteroatoms. The fourth-order valence-corrected chi connectivity index (χ4v) is 1.16. The van der Waals surface area contributed by atoms with E-state index in [1.165, 1.54) is 0 Å². The number of hydrogen-bond donors (Lipinski definition) is 0. The van der Waals surface area contributed by atoms with Crippen LogP contribution in [0.25, 0.3) is 0 Å². The molecule has 0 heterocycles. The Labute approximate surface area is 65.0 Å². The zero-order valence-electron chi connectivity index (χ0n) is 6.57. The van der Waals surface area contributed by atoms with Crippen molar-refractivity contribution < 1.29 is 13.5 Å². The van der Waals surface area contributed by atoms with Crippen LogP contribution >= 0.6 is 0 Å². The molecule has 0 saturated heterocycles. The van der Waals surface area contributed by atoms with Crippen LogP contribution < -0.4 is 0 Å². The zero-order valence-corrected chi connectivity index (χ0v) is 6.57. The third-order valence-corrected chi connectivity index (χ3v) is 1.74. The maximum absolute atomic E-state index is 12.2. The zero-order chi connectivity index (χ0) is 8.48. The number of allylic oxidation sites excluding steroid dienone is 1. The van der Waals surface area contributed by atoms with Crippen LogP contribution in [-0.4, -0.2) is 12.5 Å². The normalized spacial score (nSPS) is 22.5. The molecule has 64 valence electrons. The summed E-state index contributed by atoms with van der Waals surface area (Å²) in [5, 5.41) is 0. The van der Waals surface area contributed by atoms with Crippen molar-refractivity contribution >= 4 is 0 Å². The van der Waals surface area contributed by atoms with Crippen molar-refractivity contribution in [3.63, 3.8) is 0 Å². The Hall–Kier alpha value is -0.600. The van der Waals surface area contributed by atoms with E-state index in [1.54, 1.807) is 6.92 Å². The van der Waals surface area contributed by atoms with E-state index in [2.05, 4.69) is 6.58 Å². The summed E-state index contributed by atoms with van der Waals surface area (Å²) in [5.74, 6) is -1.80. The average molecular weight is 162 g/mol. The van der Waals surface area contributed by atoms with Crippen LogP contribution in [0.3, 0.4) is 0 Å². The molecule has 0 bridgehead atoms. The molecule has 1 saturated carbocycles. The summed E-state index contributed by atoms with van der Waals surface area (Å²) >= 11 is 0. The number of rotatable bonds is 3. The molecule has 1 aliphatic rings. The Balaban J connectivity index is 2.09. The quantitative estimate of drug-likeness (QED) is 0.579. The van der Waals surface area contributed by atoms with E-state index in [0.717, 1.165) is 0 Å². The first kappa shape index (κ1) is 8.50. The highest BCUT2D eigenvalue weighted by Crippen LogP contribution is 2.42. The van der Waals surface area contributed by atoms with Gasteiger partial charge in [0.15, 0.2) is 0 Å². The Morgan fingerprint density at radius 1 is 1.64 bits per heavy atom. The molecule has 0 radical (unpaired) electrons. The Bertz CT molecular complexity index is 157. The summed E-state index contributed by atoms with van der Waals surface area (Å²) in [6.07, 6.45) is -0.0550. The largest absolute Gasteiger partial charge is 0.499 e. The second kappa shape index (κ2) is 2.80. The fraction of sp³-hybridized carbons (Fsp3) is 0.750. The first-order chi connectivity index (χ1) is 4.99. The molecule has 0 atom stereocenters. The summed E-state index contributed by atoms with van der Waals surface area (Å²) in [4.78, 5) is 0. The van der Waals surface area contributed by atoms with Gasteiger partial charge in [-0.3, -0.25) is 0 Å². The van der Waals surface area contributed by atoms with E-state index in [0.29, 0.717) is 12.4 Å². The molecule has 0 aliphatic heterocycles. The third kappa shape index (κ3) is 2.48. The van der Waals surface area contributed by atoms with E-state index in [9.17, 15) is 8.78 Å². The first-order valence-electron chi connectivity index (χ1n) is 3.66. The van der Waals surface area contributed by atoms with Crippen LogP contribution in [0.2, 0.25) is 0 Å². The predicted molar refractivity (Wildman–Crippen MR) is 38.4 cm³/mol. The SMILES string of the molecule is C=C(C)OCC1CC(F)(F)C1. The molecule has 0 aromatic rings. The molecule has 11 heavy (non-hydrogen) atoms. The maximum atomic E-state index is 12.2. The minimum absolute atomic E-state index is 0.0275. The fourth-order valence-electron chi connectivity index (χ4n) is 1.16. The highest BCUT2D eigenvalue weighted by Gasteiger charge is 2.45. The smallest absolute Gasteiger partial charge is 0.248 e. The molecular formula is C8H12F2O. The van der Waals surface area contributed by atoms with Crippen molar-refractivity contribution in [2.45, 2.75) is 25.7 Å². The van der Waals surface area contributed by atoms with Crippen molar-refractivity contribution in [3.05, 3.63) is 12.3 Å². The highest BCUT2D eigenvalue weighted by atomic mass is 19.3. The van der Waals surface area contributed by atoms with Crippen LogP contribution in [0.5, 0.6) is 0 Å². The molecule has 1 fully saturated rings. The van der Waals surface area contributed by atoms with Gasteiger partial charge in [0.05, 0.1) is 12.4 Å². The summed E-state index contributed by atoms with van der Waals surface area (Å²) < 4.78 is 29.5. The Morgan fingerprint density at radius 3 is 2.55 bits per heavy atom. The van der Waals surface area contributed by atoms with Crippen LogP contribution in [0.4, 0.5) is 8.78 Å². The van der Waals surface area contributed by atoms with Gasteiger partial charge in [0.2, 0.25) is 5.92 Å². The standard InChI is InChI=1S/C8H12F2O/c1-6(2)11-5-7-3-8(9,10)4-7/h7H,1,3-5H2,2H3. The first-order valence-corrected chi connectivity index (χ1v) is 3.66. The summed E-state index contributed by atoms with van der Waals surface area (Å²) in [6, 6.07) is 0. The van der Waals surface area contributed by atoms with Crippen LogP contribution in [0, 0.1) is 5.92 Å². The molecule has 1 aliphatic carbocycles. The monoisotopic (exact) mass is 162 g/mol. The van der Waals surface area contributed by atoms with Gasteiger partial charge in [-0.15, -0.1) is 0 Å². The van der Waals surface area contributed by atoms with E-state index < -0.39 is 5.92 Å². The van der Waals surface area contributed by atoms with Gasteiger partial charge in [0, 0.05) is 18.8 Å². The molecular weight excluding hydrogens is 150 g/mol. The molecule has 1 rings (SSSR count). The number of ether oxygens (including phenoxy) is 1. The lowest BCUT2D eigenvalue weighted by molar-refractivity contribution is -0.123. The predicted octanol–water partition coefficient (Wildman–Crippen LogP) is 2.58. The van der Waals surface area contributed by atoms with Crippen molar-refractivity contribution in [3.8, 4) is 0 Å². The van der Waals surface area contributed by atoms with E-state index >= 15 is 0 Å². The van der Waals surface area contributed by atoms with Crippen LogP contribution in [0.1, 0.15) is 19.8 Å². The van der Waals surface area contributed by atoms with Crippen molar-refractivity contribution in [2.24, 2.45) is 5.92 Å². The summed E-state index contributed by atoms with van der Waals surface area (Å²) in [7, 11) is 0. The van der Waals surface area contributed by atoms with Gasteiger partial charge in [-0.1, -0.05) is 6.58 Å². The lowest BCUT2D eigenvalue weighted by atomic mass is 9.82. The molecule has 0 spiro atoms. The van der Waals surface area contributed by atoms with Crippen molar-refractivity contribution in [1.82, 2.24) is 0 Å². The molecule has 1 nitrogen and oxygen atoms in total. The summed E-state index contributed by atoms with van der Waals surface area (Å²) in [5.41, 5.74) is 0. The van der Waals surface area contributed by atoms with E-state index in [-0.39, 0.29) is 18.8 Å². The minimum Gasteiger partial charge on any atom is -0.499 e. The van der Waals surface area contributed by atoms with E-state index in [1.807, 2.05) is 0 Å². The molecule has 0 amide bonds. The van der Waals surface area contributed by atoms with E-state index in [4.69, 9.17) is 4.74 Å². The lowest BCUT2D eigenvalue weighted by Crippen LogP contribution is -2.37. The number of halogens is 2. The number of hydrogen-bond acceptors (Lipinski definition) is 1. The molecule has 0 aromatic heterocycles. The Kier molecular flexibility index (Phi) is 2.16. The van der Waals surface area contributed by atoms with Crippen molar-refractivity contribution in [1.29, 1.82) is 0 Å². The van der Waals surface area contributed by atoms with Gasteiger partial charge >= 0.3 is 0 Å². The van der Waals surface area contributed by atoms with Gasteiger partial charge in [-0.05, 0) is 6.92 Å². The van der Waals surface area contributed by atoms with Crippen molar-refractivity contribution in [2.75, 3.05) is 6.61 Å². The highest BCUT2D eigenvalue weighted by molar-refractivity contribution is 4.87. The van der Waals surface area contributed by atoms with Gasteiger partial charge in [-0.25, -0.2) is 8.78 Å². The minimum atomic E-state index is -2.43. The summed E-state index contributed by atoms with van der Waals surface area (Å²) in [6.45, 7) is 5.62. The number of alkyl halides is 2. The lowest BCUT2D eigenvalue weighted by Gasteiger charge is -2.34. The second-order valence-corrected chi connectivity index (χ2v) is 3.14. The second-order valence-electron chi connectivity index (χ2n) is 3.14. The molecule has 0 aromatic carbocycles. The van der Waals surface area contributed by atoms with Gasteiger partial charge in [0.25, 0.3) is 0 Å².